The molecule has 0 N–H and O–H groups in total. The molecule has 0 atom stereocenters. The average molecular weight is 292 g/mol. The Morgan fingerprint density at radius 2 is 2.06 bits per heavy atom. The van der Waals surface area contributed by atoms with Crippen LogP contribution in [0.2, 0.25) is 0 Å². The van der Waals surface area contributed by atoms with Gasteiger partial charge in [0.2, 0.25) is 0 Å². The summed E-state index contributed by atoms with van der Waals surface area (Å²) in [5, 5.41) is 10.9. The van der Waals surface area contributed by atoms with E-state index in [4.69, 9.17) is 0 Å². The Kier molecular flexibility index (Phi) is 4.69. The maximum Gasteiger partial charge on any atom is 0.326 e. The Bertz CT molecular complexity index is 522. The Balaban J connectivity index is 2.66. The van der Waals surface area contributed by atoms with Crippen molar-refractivity contribution in [3.63, 3.8) is 0 Å². The fourth-order valence-electron chi connectivity index (χ4n) is 1.23. The van der Waals surface area contributed by atoms with Crippen molar-refractivity contribution in [2.24, 2.45) is 0 Å². The lowest BCUT2D eigenvalue weighted by molar-refractivity contribution is -0.380. The first kappa shape index (κ1) is 14.9. The highest BCUT2D eigenvalue weighted by Gasteiger charge is 2.18. The van der Waals surface area contributed by atoms with Crippen molar-refractivity contribution in [2.75, 3.05) is 24.2 Å². The molecule has 0 aromatic carbocycles. The van der Waals surface area contributed by atoms with Gasteiger partial charge in [-0.1, -0.05) is 0 Å². The van der Waals surface area contributed by atoms with Gasteiger partial charge >= 0.3 is 5.00 Å². The smallest absolute Gasteiger partial charge is 0.326 e. The summed E-state index contributed by atoms with van der Waals surface area (Å²) in [6.45, 7) is 3.62. The molecule has 1 rings (SSSR count). The normalized spacial score (nSPS) is 11.8. The predicted octanol–water partition coefficient (Wildman–Crippen LogP) is 1.92. The molecule has 0 spiro atoms. The minimum atomic E-state index is -3.08. The zero-order valence-corrected chi connectivity index (χ0v) is 12.1. The fourth-order valence-corrected chi connectivity index (χ4v) is 3.04. The molecule has 0 fully saturated rings. The third kappa shape index (κ3) is 3.67. The molecule has 102 valence electrons. The molecule has 8 heteroatoms. The summed E-state index contributed by atoms with van der Waals surface area (Å²) in [6, 6.07) is 3.05. The molecule has 0 bridgehead atoms. The second kappa shape index (κ2) is 5.66. The van der Waals surface area contributed by atoms with Crippen LogP contribution in [0.3, 0.4) is 0 Å². The second-order valence-corrected chi connectivity index (χ2v) is 7.92. The number of hydrogen-bond acceptors (Lipinski definition) is 6. The number of anilines is 1. The summed E-state index contributed by atoms with van der Waals surface area (Å²) < 4.78 is 23.3. The summed E-state index contributed by atoms with van der Waals surface area (Å²) in [5.41, 5.74) is 0. The molecule has 6 nitrogen and oxygen atoms in total. The van der Waals surface area contributed by atoms with Gasteiger partial charge in [-0.3, -0.25) is 10.1 Å². The summed E-state index contributed by atoms with van der Waals surface area (Å²) in [6.07, 6.45) is 0. The van der Waals surface area contributed by atoms with Crippen LogP contribution in [0.25, 0.3) is 0 Å². The highest BCUT2D eigenvalue weighted by atomic mass is 32.2. The molecular weight excluding hydrogens is 276 g/mol. The lowest BCUT2D eigenvalue weighted by atomic mass is 10.5. The largest absolute Gasteiger partial charge is 0.365 e. The molecule has 1 aromatic heterocycles. The van der Waals surface area contributed by atoms with Gasteiger partial charge in [0, 0.05) is 19.7 Å². The van der Waals surface area contributed by atoms with Gasteiger partial charge in [0.25, 0.3) is 0 Å². The number of thiophene rings is 1. The van der Waals surface area contributed by atoms with Crippen LogP contribution < -0.4 is 4.90 Å². The standard InChI is InChI=1S/C10H16N2O4S2/c1-8(2)18(15,16)7-6-11(3)9-4-5-10(17-9)12(13)14/h4-5,8H,6-7H2,1-3H3. The molecule has 0 saturated heterocycles. The van der Waals surface area contributed by atoms with Crippen molar-refractivity contribution in [2.45, 2.75) is 19.1 Å². The summed E-state index contributed by atoms with van der Waals surface area (Å²) in [5.74, 6) is 0.0485. The number of hydrogen-bond donors (Lipinski definition) is 0. The topological polar surface area (TPSA) is 80.5 Å². The van der Waals surface area contributed by atoms with E-state index < -0.39 is 20.0 Å². The summed E-state index contributed by atoms with van der Waals surface area (Å²) >= 11 is 1.04. The number of nitro groups is 1. The lowest BCUT2D eigenvalue weighted by Crippen LogP contribution is -2.28. The van der Waals surface area contributed by atoms with E-state index >= 15 is 0 Å². The van der Waals surface area contributed by atoms with Crippen molar-refractivity contribution in [1.82, 2.24) is 0 Å². The Morgan fingerprint density at radius 1 is 1.44 bits per heavy atom. The van der Waals surface area contributed by atoms with E-state index in [1.54, 1.807) is 31.9 Å². The SMILES string of the molecule is CC(C)S(=O)(=O)CCN(C)c1ccc([N+](=O)[O-])s1. The number of rotatable bonds is 6. The fraction of sp³-hybridized carbons (Fsp3) is 0.600. The molecule has 1 heterocycles. The molecule has 0 amide bonds. The minimum Gasteiger partial charge on any atom is -0.365 e. The van der Waals surface area contributed by atoms with Crippen LogP contribution in [0.5, 0.6) is 0 Å². The molecule has 0 saturated carbocycles. The Labute approximate surface area is 110 Å². The van der Waals surface area contributed by atoms with Crippen molar-refractivity contribution in [1.29, 1.82) is 0 Å². The van der Waals surface area contributed by atoms with Crippen molar-refractivity contribution >= 4 is 31.2 Å². The molecule has 0 aliphatic carbocycles. The monoisotopic (exact) mass is 292 g/mol. The highest BCUT2D eigenvalue weighted by Crippen LogP contribution is 2.30. The zero-order chi connectivity index (χ0) is 13.9. The van der Waals surface area contributed by atoms with Crippen LogP contribution >= 0.6 is 11.3 Å². The Hall–Kier alpha value is -1.15. The third-order valence-electron chi connectivity index (χ3n) is 2.56. The van der Waals surface area contributed by atoms with Gasteiger partial charge in [0.1, 0.15) is 0 Å². The molecule has 0 unspecified atom stereocenters. The van der Waals surface area contributed by atoms with Gasteiger partial charge in [-0.05, 0) is 31.3 Å². The van der Waals surface area contributed by atoms with Gasteiger partial charge in [-0.25, -0.2) is 8.42 Å². The van der Waals surface area contributed by atoms with E-state index in [1.165, 1.54) is 6.07 Å². The van der Waals surface area contributed by atoms with Crippen molar-refractivity contribution < 1.29 is 13.3 Å². The van der Waals surface area contributed by atoms with Crippen LogP contribution in [0.1, 0.15) is 13.8 Å². The van der Waals surface area contributed by atoms with Gasteiger partial charge in [0.15, 0.2) is 9.84 Å². The van der Waals surface area contributed by atoms with Crippen LogP contribution in [0, 0.1) is 10.1 Å². The minimum absolute atomic E-state index is 0.0485. The van der Waals surface area contributed by atoms with E-state index in [9.17, 15) is 18.5 Å². The van der Waals surface area contributed by atoms with Crippen molar-refractivity contribution in [3.05, 3.63) is 22.2 Å². The molecular formula is C10H16N2O4S2. The molecule has 0 aliphatic heterocycles. The zero-order valence-electron chi connectivity index (χ0n) is 10.5. The van der Waals surface area contributed by atoms with E-state index in [-0.39, 0.29) is 10.8 Å². The van der Waals surface area contributed by atoms with Crippen LogP contribution in [0.15, 0.2) is 12.1 Å². The first-order chi connectivity index (χ1) is 8.24. The van der Waals surface area contributed by atoms with Crippen LogP contribution in [-0.4, -0.2) is 37.9 Å². The van der Waals surface area contributed by atoms with E-state index in [0.717, 1.165) is 11.3 Å². The maximum absolute atomic E-state index is 11.6. The summed E-state index contributed by atoms with van der Waals surface area (Å²) in [4.78, 5) is 11.8. The first-order valence-electron chi connectivity index (χ1n) is 5.41. The lowest BCUT2D eigenvalue weighted by Gasteiger charge is -2.17. The van der Waals surface area contributed by atoms with E-state index in [1.807, 2.05) is 0 Å². The maximum atomic E-state index is 11.6. The number of nitrogens with zero attached hydrogens (tertiary/aromatic N) is 2. The quantitative estimate of drug-likeness (QED) is 0.591. The van der Waals surface area contributed by atoms with Crippen LogP contribution in [-0.2, 0) is 9.84 Å². The summed E-state index contributed by atoms with van der Waals surface area (Å²) in [7, 11) is -1.35. The van der Waals surface area contributed by atoms with Gasteiger partial charge in [0.05, 0.1) is 20.9 Å². The van der Waals surface area contributed by atoms with Gasteiger partial charge < -0.3 is 4.90 Å². The van der Waals surface area contributed by atoms with Gasteiger partial charge in [-0.2, -0.15) is 0 Å². The average Bonchev–Trinajstić information content (AvgIpc) is 2.75. The molecule has 1 aromatic rings. The third-order valence-corrected chi connectivity index (χ3v) is 5.90. The van der Waals surface area contributed by atoms with Crippen molar-refractivity contribution in [3.8, 4) is 0 Å². The second-order valence-electron chi connectivity index (χ2n) is 4.21. The molecule has 18 heavy (non-hydrogen) atoms. The Morgan fingerprint density at radius 3 is 2.50 bits per heavy atom. The van der Waals surface area contributed by atoms with E-state index in [2.05, 4.69) is 0 Å². The highest BCUT2D eigenvalue weighted by molar-refractivity contribution is 7.92. The first-order valence-corrected chi connectivity index (χ1v) is 7.94. The predicted molar refractivity (Wildman–Crippen MR) is 73.2 cm³/mol. The van der Waals surface area contributed by atoms with Gasteiger partial charge in [-0.15, -0.1) is 0 Å². The molecule has 0 radical (unpaired) electrons. The molecule has 0 aliphatic rings. The van der Waals surface area contributed by atoms with Crippen LogP contribution in [0.4, 0.5) is 10.0 Å². The number of sulfone groups is 1. The van der Waals surface area contributed by atoms with E-state index in [0.29, 0.717) is 11.5 Å².